The minimum atomic E-state index is -0.0779. The summed E-state index contributed by atoms with van der Waals surface area (Å²) < 4.78 is 5.16. The number of nitrogens with zero attached hydrogens (tertiary/aromatic N) is 1. The number of hydrogen-bond acceptors (Lipinski definition) is 3. The number of hydrogen-bond donors (Lipinski definition) is 0. The maximum absolute atomic E-state index is 12.5. The number of rotatable bonds is 4. The highest BCUT2D eigenvalue weighted by molar-refractivity contribution is 6.09. The molecule has 3 rings (SSSR count). The summed E-state index contributed by atoms with van der Waals surface area (Å²) in [6.07, 6.45) is 3.33. The van der Waals surface area contributed by atoms with Crippen LogP contribution in [0.25, 0.3) is 0 Å². The first-order valence-electron chi connectivity index (χ1n) is 8.27. The second-order valence-electron chi connectivity index (χ2n) is 5.99. The molecule has 1 aliphatic heterocycles. The lowest BCUT2D eigenvalue weighted by Crippen LogP contribution is -2.35. The van der Waals surface area contributed by atoms with Gasteiger partial charge in [-0.3, -0.25) is 9.59 Å². The molecule has 1 amide bonds. The van der Waals surface area contributed by atoms with Crippen LogP contribution in [0.1, 0.15) is 45.5 Å². The molecule has 0 aliphatic carbocycles. The zero-order valence-electron chi connectivity index (χ0n) is 13.8. The van der Waals surface area contributed by atoms with Gasteiger partial charge in [0.1, 0.15) is 5.75 Å². The number of ether oxygens (including phenoxy) is 1. The van der Waals surface area contributed by atoms with Crippen LogP contribution in [0.3, 0.4) is 0 Å². The Morgan fingerprint density at radius 3 is 2.21 bits per heavy atom. The van der Waals surface area contributed by atoms with Crippen LogP contribution in [-0.4, -0.2) is 36.8 Å². The Labute approximate surface area is 142 Å². The Kier molecular flexibility index (Phi) is 4.94. The number of methoxy groups -OCH3 is 1. The SMILES string of the molecule is COc1cccc(C(=O)c2ccc(C(=O)N3CCCCC3)cc2)c1. The van der Waals surface area contributed by atoms with Gasteiger partial charge in [0.05, 0.1) is 7.11 Å². The number of ketones is 1. The van der Waals surface area contributed by atoms with Crippen LogP contribution < -0.4 is 4.74 Å². The van der Waals surface area contributed by atoms with E-state index in [-0.39, 0.29) is 11.7 Å². The van der Waals surface area contributed by atoms with Crippen molar-refractivity contribution < 1.29 is 14.3 Å². The first-order chi connectivity index (χ1) is 11.7. The molecule has 24 heavy (non-hydrogen) atoms. The van der Waals surface area contributed by atoms with Gasteiger partial charge in [-0.15, -0.1) is 0 Å². The lowest BCUT2D eigenvalue weighted by atomic mass is 10.0. The van der Waals surface area contributed by atoms with E-state index in [1.165, 1.54) is 6.42 Å². The fraction of sp³-hybridized carbons (Fsp3) is 0.300. The van der Waals surface area contributed by atoms with E-state index in [4.69, 9.17) is 4.74 Å². The van der Waals surface area contributed by atoms with Gasteiger partial charge in [0, 0.05) is 29.8 Å². The maximum atomic E-state index is 12.5. The van der Waals surface area contributed by atoms with Crippen molar-refractivity contribution in [3.63, 3.8) is 0 Å². The molecule has 1 saturated heterocycles. The van der Waals surface area contributed by atoms with Crippen LogP contribution in [0.2, 0.25) is 0 Å². The van der Waals surface area contributed by atoms with Crippen molar-refractivity contribution in [2.45, 2.75) is 19.3 Å². The molecule has 4 nitrogen and oxygen atoms in total. The van der Waals surface area contributed by atoms with E-state index in [1.54, 1.807) is 55.6 Å². The predicted octanol–water partition coefficient (Wildman–Crippen LogP) is 3.55. The highest BCUT2D eigenvalue weighted by atomic mass is 16.5. The lowest BCUT2D eigenvalue weighted by molar-refractivity contribution is 0.0724. The molecule has 0 N–H and O–H groups in total. The van der Waals surface area contributed by atoms with Crippen LogP contribution in [0.4, 0.5) is 0 Å². The molecular weight excluding hydrogens is 302 g/mol. The highest BCUT2D eigenvalue weighted by Gasteiger charge is 2.18. The fourth-order valence-electron chi connectivity index (χ4n) is 2.97. The summed E-state index contributed by atoms with van der Waals surface area (Å²) in [6.45, 7) is 1.65. The number of carbonyl (C=O) groups is 2. The zero-order chi connectivity index (χ0) is 16.9. The van der Waals surface area contributed by atoms with Crippen molar-refractivity contribution in [3.05, 3.63) is 65.2 Å². The van der Waals surface area contributed by atoms with Gasteiger partial charge in [-0.2, -0.15) is 0 Å². The molecule has 2 aromatic carbocycles. The van der Waals surface area contributed by atoms with Gasteiger partial charge in [-0.1, -0.05) is 24.3 Å². The van der Waals surface area contributed by atoms with Gasteiger partial charge in [0.25, 0.3) is 5.91 Å². The molecule has 4 heteroatoms. The van der Waals surface area contributed by atoms with Crippen LogP contribution >= 0.6 is 0 Å². The lowest BCUT2D eigenvalue weighted by Gasteiger charge is -2.26. The number of amides is 1. The largest absolute Gasteiger partial charge is 0.497 e. The predicted molar refractivity (Wildman–Crippen MR) is 92.6 cm³/mol. The van der Waals surface area contributed by atoms with E-state index in [1.807, 2.05) is 4.90 Å². The van der Waals surface area contributed by atoms with Crippen LogP contribution in [0.5, 0.6) is 5.75 Å². The Morgan fingerprint density at radius 1 is 0.875 bits per heavy atom. The van der Waals surface area contributed by atoms with Gasteiger partial charge in [0.2, 0.25) is 0 Å². The monoisotopic (exact) mass is 323 g/mol. The van der Waals surface area contributed by atoms with Gasteiger partial charge in [-0.25, -0.2) is 0 Å². The standard InChI is InChI=1S/C20H21NO3/c1-24-18-7-5-6-17(14-18)19(22)15-8-10-16(11-9-15)20(23)21-12-3-2-4-13-21/h5-11,14H,2-4,12-13H2,1H3. The van der Waals surface area contributed by atoms with E-state index in [0.29, 0.717) is 22.4 Å². The normalized spacial score (nSPS) is 14.3. The highest BCUT2D eigenvalue weighted by Crippen LogP contribution is 2.18. The number of carbonyl (C=O) groups excluding carboxylic acids is 2. The summed E-state index contributed by atoms with van der Waals surface area (Å²) >= 11 is 0. The number of likely N-dealkylation sites (tertiary alicyclic amines) is 1. The van der Waals surface area contributed by atoms with Crippen molar-refractivity contribution in [1.82, 2.24) is 4.90 Å². The summed E-state index contributed by atoms with van der Waals surface area (Å²) in [4.78, 5) is 26.9. The first-order valence-corrected chi connectivity index (χ1v) is 8.27. The Hall–Kier alpha value is -2.62. The molecule has 0 saturated carbocycles. The Bertz CT molecular complexity index is 731. The second-order valence-corrected chi connectivity index (χ2v) is 5.99. The van der Waals surface area contributed by atoms with Crippen LogP contribution in [0.15, 0.2) is 48.5 Å². The first kappa shape index (κ1) is 16.2. The van der Waals surface area contributed by atoms with Gasteiger partial charge in [-0.05, 0) is 43.5 Å². The van der Waals surface area contributed by atoms with Crippen LogP contribution in [0, 0.1) is 0 Å². The smallest absolute Gasteiger partial charge is 0.253 e. The van der Waals surface area contributed by atoms with E-state index >= 15 is 0 Å². The average Bonchev–Trinajstić information content (AvgIpc) is 2.67. The molecule has 0 atom stereocenters. The third kappa shape index (κ3) is 3.48. The molecule has 124 valence electrons. The molecule has 1 aliphatic rings. The minimum absolute atomic E-state index is 0.0510. The van der Waals surface area contributed by atoms with Crippen molar-refractivity contribution in [2.75, 3.05) is 20.2 Å². The zero-order valence-corrected chi connectivity index (χ0v) is 13.8. The molecule has 0 unspecified atom stereocenters. The van der Waals surface area contributed by atoms with E-state index < -0.39 is 0 Å². The third-order valence-electron chi connectivity index (χ3n) is 4.37. The van der Waals surface area contributed by atoms with E-state index in [9.17, 15) is 9.59 Å². The average molecular weight is 323 g/mol. The number of piperidine rings is 1. The summed E-state index contributed by atoms with van der Waals surface area (Å²) in [6, 6.07) is 14.0. The van der Waals surface area contributed by atoms with E-state index in [0.717, 1.165) is 25.9 Å². The van der Waals surface area contributed by atoms with Gasteiger partial charge < -0.3 is 9.64 Å². The molecule has 1 fully saturated rings. The summed E-state index contributed by atoms with van der Waals surface area (Å²) in [7, 11) is 1.57. The summed E-state index contributed by atoms with van der Waals surface area (Å²) in [5, 5.41) is 0. The van der Waals surface area contributed by atoms with Crippen molar-refractivity contribution in [1.29, 1.82) is 0 Å². The molecule has 0 radical (unpaired) electrons. The van der Waals surface area contributed by atoms with Crippen molar-refractivity contribution in [2.24, 2.45) is 0 Å². The van der Waals surface area contributed by atoms with E-state index in [2.05, 4.69) is 0 Å². The quantitative estimate of drug-likeness (QED) is 0.808. The Balaban J connectivity index is 1.76. The molecule has 0 bridgehead atoms. The fourth-order valence-corrected chi connectivity index (χ4v) is 2.97. The van der Waals surface area contributed by atoms with Crippen LogP contribution in [-0.2, 0) is 0 Å². The van der Waals surface area contributed by atoms with Gasteiger partial charge >= 0.3 is 0 Å². The topological polar surface area (TPSA) is 46.6 Å². The van der Waals surface area contributed by atoms with Crippen molar-refractivity contribution in [3.8, 4) is 5.75 Å². The molecule has 0 aromatic heterocycles. The molecule has 1 heterocycles. The maximum Gasteiger partial charge on any atom is 0.253 e. The molecule has 0 spiro atoms. The third-order valence-corrected chi connectivity index (χ3v) is 4.37. The molecule has 2 aromatic rings. The van der Waals surface area contributed by atoms with Crippen molar-refractivity contribution >= 4 is 11.7 Å². The summed E-state index contributed by atoms with van der Waals surface area (Å²) in [5.74, 6) is 0.624. The van der Waals surface area contributed by atoms with Gasteiger partial charge in [0.15, 0.2) is 5.78 Å². The molecular formula is C20H21NO3. The summed E-state index contributed by atoms with van der Waals surface area (Å²) in [5.41, 5.74) is 1.78. The minimum Gasteiger partial charge on any atom is -0.497 e. The Morgan fingerprint density at radius 2 is 1.54 bits per heavy atom. The number of benzene rings is 2. The second kappa shape index (κ2) is 7.30.